The first kappa shape index (κ1) is 28.0. The van der Waals surface area contributed by atoms with E-state index in [1.807, 2.05) is 25.1 Å². The van der Waals surface area contributed by atoms with Crippen LogP contribution in [0.5, 0.6) is 5.75 Å². The van der Waals surface area contributed by atoms with Gasteiger partial charge in [0.2, 0.25) is 0 Å². The highest BCUT2D eigenvalue weighted by Crippen LogP contribution is 2.32. The number of benzene rings is 1. The van der Waals surface area contributed by atoms with E-state index < -0.39 is 28.7 Å². The molecule has 1 amide bonds. The summed E-state index contributed by atoms with van der Waals surface area (Å²) in [5, 5.41) is 27.0. The van der Waals surface area contributed by atoms with E-state index in [4.69, 9.17) is 4.74 Å². The van der Waals surface area contributed by atoms with E-state index in [0.717, 1.165) is 29.1 Å². The van der Waals surface area contributed by atoms with Crippen LogP contribution in [0.15, 0.2) is 55.0 Å². The lowest BCUT2D eigenvalue weighted by Crippen LogP contribution is -2.53. The van der Waals surface area contributed by atoms with Crippen LogP contribution in [0, 0.1) is 23.0 Å². The molecule has 0 saturated carbocycles. The second-order valence-electron chi connectivity index (χ2n) is 11.2. The molecule has 11 heteroatoms. The summed E-state index contributed by atoms with van der Waals surface area (Å²) in [5.74, 6) is -1.24. The average Bonchev–Trinajstić information content (AvgIpc) is 3.36. The summed E-state index contributed by atoms with van der Waals surface area (Å²) in [6.07, 6.45) is 6.17. The van der Waals surface area contributed by atoms with Crippen molar-refractivity contribution in [2.75, 3.05) is 24.6 Å². The van der Waals surface area contributed by atoms with Crippen LogP contribution < -0.4 is 15.0 Å². The van der Waals surface area contributed by atoms with Gasteiger partial charge in [-0.2, -0.15) is 10.4 Å². The van der Waals surface area contributed by atoms with Crippen molar-refractivity contribution >= 4 is 17.2 Å². The molecule has 1 aliphatic rings. The summed E-state index contributed by atoms with van der Waals surface area (Å²) in [7, 11) is 0. The molecule has 2 N–H and O–H groups in total. The van der Waals surface area contributed by atoms with Crippen LogP contribution >= 0.6 is 0 Å². The van der Waals surface area contributed by atoms with E-state index in [9.17, 15) is 23.9 Å². The number of hydrogen-bond donors (Lipinski definition) is 2. The number of halogens is 2. The van der Waals surface area contributed by atoms with Gasteiger partial charge in [-0.1, -0.05) is 0 Å². The molecule has 9 nitrogen and oxygen atoms in total. The van der Waals surface area contributed by atoms with Crippen LogP contribution in [0.2, 0.25) is 0 Å². The minimum atomic E-state index is -1.06. The number of nitrogens with one attached hydrogen (secondary N) is 1. The molecule has 41 heavy (non-hydrogen) atoms. The maximum absolute atomic E-state index is 13.6. The van der Waals surface area contributed by atoms with Crippen molar-refractivity contribution in [3.05, 3.63) is 77.8 Å². The number of nitrogens with zero attached hydrogens (tertiary/aromatic N) is 5. The molecule has 0 bridgehead atoms. The number of carbonyl (C=O) groups is 1. The third-order valence-corrected chi connectivity index (χ3v) is 7.15. The molecule has 0 unspecified atom stereocenters. The fourth-order valence-corrected chi connectivity index (χ4v) is 4.81. The average molecular weight is 561 g/mol. The molecule has 1 aliphatic heterocycles. The first-order chi connectivity index (χ1) is 19.4. The minimum Gasteiger partial charge on any atom is -0.489 e. The number of amides is 1. The van der Waals surface area contributed by atoms with E-state index in [1.54, 1.807) is 30.8 Å². The number of pyridine rings is 2. The zero-order valence-electron chi connectivity index (χ0n) is 23.0. The molecule has 0 atom stereocenters. The van der Waals surface area contributed by atoms with Crippen molar-refractivity contribution in [1.29, 1.82) is 5.26 Å². The van der Waals surface area contributed by atoms with Crippen molar-refractivity contribution in [2.24, 2.45) is 0 Å². The van der Waals surface area contributed by atoms with E-state index in [1.165, 1.54) is 12.3 Å². The first-order valence-corrected chi connectivity index (χ1v) is 13.2. The summed E-state index contributed by atoms with van der Waals surface area (Å²) in [6.45, 7) is 6.59. The Morgan fingerprint density at radius 3 is 2.56 bits per heavy atom. The highest BCUT2D eigenvalue weighted by Gasteiger charge is 2.32. The number of aliphatic hydroxyl groups is 1. The monoisotopic (exact) mass is 560 g/mol. The van der Waals surface area contributed by atoms with Gasteiger partial charge in [-0.15, -0.1) is 0 Å². The standard InChI is InChI=1S/C30H30F2N6O3/c1-29(2,40)18-41-22-13-23(27-21(14-33)16-35-38(27)17-22)20-5-7-26(34-15-20)37-10-8-30(3,9-11-37)36-28(39)19-4-6-24(31)25(32)12-19/h4-7,12-13,15-17,40H,8-11,18H2,1-3H3,(H,36,39). The van der Waals surface area contributed by atoms with E-state index in [-0.39, 0.29) is 12.2 Å². The summed E-state index contributed by atoms with van der Waals surface area (Å²) in [6, 6.07) is 10.9. The van der Waals surface area contributed by atoms with E-state index in [2.05, 4.69) is 26.4 Å². The molecular formula is C30H30F2N6O3. The van der Waals surface area contributed by atoms with Gasteiger partial charge in [0.1, 0.15) is 24.2 Å². The SMILES string of the molecule is CC(C)(O)COc1cc(-c2ccc(N3CCC(C)(NC(=O)c4ccc(F)c(F)c4)CC3)nc2)c2c(C#N)cnn2c1. The van der Waals surface area contributed by atoms with Crippen molar-refractivity contribution in [3.8, 4) is 22.9 Å². The number of piperidine rings is 1. The highest BCUT2D eigenvalue weighted by molar-refractivity contribution is 5.94. The van der Waals surface area contributed by atoms with E-state index in [0.29, 0.717) is 42.8 Å². The Morgan fingerprint density at radius 1 is 1.17 bits per heavy atom. The molecule has 1 aromatic carbocycles. The summed E-state index contributed by atoms with van der Waals surface area (Å²) < 4.78 is 34.2. The zero-order valence-corrected chi connectivity index (χ0v) is 23.0. The van der Waals surface area contributed by atoms with Gasteiger partial charge in [0.25, 0.3) is 5.91 Å². The van der Waals surface area contributed by atoms with Crippen molar-refractivity contribution < 1.29 is 23.4 Å². The number of ether oxygens (including phenoxy) is 1. The molecule has 5 rings (SSSR count). The smallest absolute Gasteiger partial charge is 0.251 e. The molecule has 1 fully saturated rings. The highest BCUT2D eigenvalue weighted by atomic mass is 19.2. The number of hydrogen-bond acceptors (Lipinski definition) is 7. The molecule has 1 saturated heterocycles. The fraction of sp³-hybridized carbons (Fsp3) is 0.333. The summed E-state index contributed by atoms with van der Waals surface area (Å²) >= 11 is 0. The number of fused-ring (bicyclic) bond motifs is 1. The maximum atomic E-state index is 13.6. The molecule has 0 aliphatic carbocycles. The Balaban J connectivity index is 1.31. The maximum Gasteiger partial charge on any atom is 0.251 e. The van der Waals surface area contributed by atoms with Gasteiger partial charge in [0, 0.05) is 41.5 Å². The van der Waals surface area contributed by atoms with Crippen LogP contribution in [-0.4, -0.2) is 56.4 Å². The third-order valence-electron chi connectivity index (χ3n) is 7.15. The number of anilines is 1. The van der Waals surface area contributed by atoms with Crippen LogP contribution in [-0.2, 0) is 0 Å². The predicted octanol–water partition coefficient (Wildman–Crippen LogP) is 4.48. The first-order valence-electron chi connectivity index (χ1n) is 13.2. The third kappa shape index (κ3) is 6.12. The molecule has 0 spiro atoms. The lowest BCUT2D eigenvalue weighted by atomic mass is 9.89. The Labute approximate surface area is 236 Å². The van der Waals surface area contributed by atoms with Crippen LogP contribution in [0.3, 0.4) is 0 Å². The number of carbonyl (C=O) groups excluding carboxylic acids is 1. The van der Waals surface area contributed by atoms with Crippen molar-refractivity contribution in [1.82, 2.24) is 19.9 Å². The van der Waals surface area contributed by atoms with Gasteiger partial charge in [-0.25, -0.2) is 18.3 Å². The van der Waals surface area contributed by atoms with Gasteiger partial charge >= 0.3 is 0 Å². The molecular weight excluding hydrogens is 530 g/mol. The second kappa shape index (κ2) is 10.8. The minimum absolute atomic E-state index is 0.0752. The van der Waals surface area contributed by atoms with Gasteiger partial charge in [0.15, 0.2) is 11.6 Å². The largest absolute Gasteiger partial charge is 0.489 e. The number of nitriles is 1. The fourth-order valence-electron chi connectivity index (χ4n) is 4.81. The topological polar surface area (TPSA) is 116 Å². The summed E-state index contributed by atoms with van der Waals surface area (Å²) in [4.78, 5) is 19.5. The summed E-state index contributed by atoms with van der Waals surface area (Å²) in [5.41, 5.74) is 1.08. The molecule has 4 aromatic rings. The Morgan fingerprint density at radius 2 is 1.93 bits per heavy atom. The van der Waals surface area contributed by atoms with Crippen LogP contribution in [0.25, 0.3) is 16.6 Å². The Kier molecular flexibility index (Phi) is 7.36. The predicted molar refractivity (Wildman–Crippen MR) is 149 cm³/mol. The quantitative estimate of drug-likeness (QED) is 0.342. The van der Waals surface area contributed by atoms with Gasteiger partial charge in [0.05, 0.1) is 29.1 Å². The lowest BCUT2D eigenvalue weighted by molar-refractivity contribution is 0.0283. The van der Waals surface area contributed by atoms with Crippen molar-refractivity contribution in [2.45, 2.75) is 44.8 Å². The second-order valence-corrected chi connectivity index (χ2v) is 11.2. The number of rotatable bonds is 7. The van der Waals surface area contributed by atoms with Gasteiger partial charge in [-0.05, 0) is 70.0 Å². The number of aromatic nitrogens is 3. The molecule has 212 valence electrons. The van der Waals surface area contributed by atoms with Gasteiger partial charge < -0.3 is 20.1 Å². The Hall–Kier alpha value is -4.56. The van der Waals surface area contributed by atoms with Crippen molar-refractivity contribution in [3.63, 3.8) is 0 Å². The van der Waals surface area contributed by atoms with Gasteiger partial charge in [-0.3, -0.25) is 4.79 Å². The van der Waals surface area contributed by atoms with E-state index >= 15 is 0 Å². The van der Waals surface area contributed by atoms with Crippen LogP contribution in [0.1, 0.15) is 49.5 Å². The molecule has 3 aromatic heterocycles. The molecule has 4 heterocycles. The normalized spacial score (nSPS) is 15.0. The Bertz CT molecular complexity index is 1630. The van der Waals surface area contributed by atoms with Crippen LogP contribution in [0.4, 0.5) is 14.6 Å². The lowest BCUT2D eigenvalue weighted by Gasteiger charge is -2.40. The zero-order chi connectivity index (χ0) is 29.4. The molecule has 0 radical (unpaired) electrons.